The standard InChI is InChI=1S/C12H18N2O2S/c15-17(16,12-7-2-1-3-8-12)14-11-6-4-5-9-13-10-11/h1-3,7-8,11,13-14H,4-6,9-10H2. The highest BCUT2D eigenvalue weighted by Gasteiger charge is 2.20. The Kier molecular flexibility index (Phi) is 4.15. The third-order valence-corrected chi connectivity index (χ3v) is 4.46. The highest BCUT2D eigenvalue weighted by molar-refractivity contribution is 7.89. The molecule has 17 heavy (non-hydrogen) atoms. The Labute approximate surface area is 102 Å². The minimum absolute atomic E-state index is 0.00251. The summed E-state index contributed by atoms with van der Waals surface area (Å²) in [6.45, 7) is 1.69. The molecule has 94 valence electrons. The molecule has 4 nitrogen and oxygen atoms in total. The summed E-state index contributed by atoms with van der Waals surface area (Å²) in [5.74, 6) is 0. The molecule has 1 heterocycles. The van der Waals surface area contributed by atoms with Crippen molar-refractivity contribution in [2.45, 2.75) is 30.2 Å². The van der Waals surface area contributed by atoms with Gasteiger partial charge in [0.05, 0.1) is 4.90 Å². The number of nitrogens with one attached hydrogen (secondary N) is 2. The Balaban J connectivity index is 2.06. The van der Waals surface area contributed by atoms with Crippen LogP contribution in [0.4, 0.5) is 0 Å². The van der Waals surface area contributed by atoms with Crippen LogP contribution in [-0.4, -0.2) is 27.5 Å². The predicted molar refractivity (Wildman–Crippen MR) is 67.3 cm³/mol. The summed E-state index contributed by atoms with van der Waals surface area (Å²) in [6, 6.07) is 8.52. The van der Waals surface area contributed by atoms with E-state index in [4.69, 9.17) is 0 Å². The van der Waals surface area contributed by atoms with Gasteiger partial charge in [-0.2, -0.15) is 0 Å². The highest BCUT2D eigenvalue weighted by Crippen LogP contribution is 2.11. The minimum atomic E-state index is -3.37. The van der Waals surface area contributed by atoms with Gasteiger partial charge in [-0.15, -0.1) is 0 Å². The summed E-state index contributed by atoms with van der Waals surface area (Å²) < 4.78 is 26.9. The van der Waals surface area contributed by atoms with Crippen LogP contribution in [-0.2, 0) is 10.0 Å². The number of benzene rings is 1. The van der Waals surface area contributed by atoms with Gasteiger partial charge in [0.25, 0.3) is 0 Å². The van der Waals surface area contributed by atoms with Crippen LogP contribution in [0.1, 0.15) is 19.3 Å². The van der Waals surface area contributed by atoms with Gasteiger partial charge >= 0.3 is 0 Å². The zero-order chi connectivity index (χ0) is 12.1. The first-order valence-corrected chi connectivity index (χ1v) is 7.45. The van der Waals surface area contributed by atoms with Gasteiger partial charge in [-0.3, -0.25) is 0 Å². The first-order chi connectivity index (χ1) is 8.18. The lowest BCUT2D eigenvalue weighted by atomic mass is 10.2. The third kappa shape index (κ3) is 3.52. The summed E-state index contributed by atoms with van der Waals surface area (Å²) in [7, 11) is -3.37. The van der Waals surface area contributed by atoms with E-state index in [0.29, 0.717) is 11.4 Å². The summed E-state index contributed by atoms with van der Waals surface area (Å²) in [6.07, 6.45) is 3.08. The lowest BCUT2D eigenvalue weighted by Gasteiger charge is -2.16. The molecule has 1 aromatic rings. The average molecular weight is 254 g/mol. The van der Waals surface area contributed by atoms with E-state index >= 15 is 0 Å². The van der Waals surface area contributed by atoms with Gasteiger partial charge in [-0.05, 0) is 31.5 Å². The predicted octanol–water partition coefficient (Wildman–Crippen LogP) is 1.11. The first kappa shape index (κ1) is 12.5. The van der Waals surface area contributed by atoms with Crippen molar-refractivity contribution in [3.05, 3.63) is 30.3 Å². The maximum Gasteiger partial charge on any atom is 0.240 e. The molecule has 1 aliphatic rings. The Morgan fingerprint density at radius 2 is 1.94 bits per heavy atom. The molecule has 1 saturated heterocycles. The zero-order valence-electron chi connectivity index (χ0n) is 9.72. The molecule has 1 atom stereocenters. The van der Waals surface area contributed by atoms with E-state index in [1.807, 2.05) is 6.07 Å². The van der Waals surface area contributed by atoms with E-state index in [1.165, 1.54) is 0 Å². The molecule has 2 rings (SSSR count). The summed E-state index contributed by atoms with van der Waals surface area (Å²) in [5.41, 5.74) is 0. The van der Waals surface area contributed by atoms with Crippen molar-refractivity contribution in [3.8, 4) is 0 Å². The Morgan fingerprint density at radius 3 is 2.71 bits per heavy atom. The molecule has 0 aliphatic carbocycles. The van der Waals surface area contributed by atoms with Crippen LogP contribution in [0.5, 0.6) is 0 Å². The maximum atomic E-state index is 12.1. The fraction of sp³-hybridized carbons (Fsp3) is 0.500. The van der Waals surface area contributed by atoms with Gasteiger partial charge in [0, 0.05) is 12.6 Å². The van der Waals surface area contributed by atoms with Crippen molar-refractivity contribution in [1.29, 1.82) is 0 Å². The first-order valence-electron chi connectivity index (χ1n) is 5.96. The second kappa shape index (κ2) is 5.62. The van der Waals surface area contributed by atoms with Crippen LogP contribution in [0.2, 0.25) is 0 Å². The van der Waals surface area contributed by atoms with Gasteiger partial charge < -0.3 is 5.32 Å². The van der Waals surface area contributed by atoms with E-state index in [9.17, 15) is 8.42 Å². The zero-order valence-corrected chi connectivity index (χ0v) is 10.5. The van der Waals surface area contributed by atoms with E-state index in [-0.39, 0.29) is 6.04 Å². The van der Waals surface area contributed by atoms with Crippen molar-refractivity contribution in [1.82, 2.24) is 10.0 Å². The average Bonchev–Trinajstić information content (AvgIpc) is 2.58. The van der Waals surface area contributed by atoms with Crippen LogP contribution >= 0.6 is 0 Å². The topological polar surface area (TPSA) is 58.2 Å². The SMILES string of the molecule is O=S(=O)(NC1CCCCNC1)c1ccccc1. The second-order valence-electron chi connectivity index (χ2n) is 4.33. The molecular weight excluding hydrogens is 236 g/mol. The van der Waals surface area contributed by atoms with Gasteiger partial charge in [0.1, 0.15) is 0 Å². The molecule has 0 aromatic heterocycles. The number of hydrogen-bond donors (Lipinski definition) is 2. The molecule has 0 radical (unpaired) electrons. The van der Waals surface area contributed by atoms with E-state index in [2.05, 4.69) is 10.0 Å². The van der Waals surface area contributed by atoms with Gasteiger partial charge in [-0.25, -0.2) is 13.1 Å². The smallest absolute Gasteiger partial charge is 0.240 e. The quantitative estimate of drug-likeness (QED) is 0.849. The highest BCUT2D eigenvalue weighted by atomic mass is 32.2. The summed E-state index contributed by atoms with van der Waals surface area (Å²) in [4.78, 5) is 0.337. The Morgan fingerprint density at radius 1 is 1.18 bits per heavy atom. The second-order valence-corrected chi connectivity index (χ2v) is 6.05. The normalized spacial score (nSPS) is 22.0. The number of sulfonamides is 1. The van der Waals surface area contributed by atoms with Crippen LogP contribution in [0, 0.1) is 0 Å². The molecule has 0 saturated carbocycles. The van der Waals surface area contributed by atoms with Gasteiger partial charge in [-0.1, -0.05) is 24.6 Å². The molecule has 1 unspecified atom stereocenters. The number of hydrogen-bond acceptors (Lipinski definition) is 3. The molecule has 1 aromatic carbocycles. The van der Waals surface area contributed by atoms with E-state index in [0.717, 1.165) is 25.8 Å². The summed E-state index contributed by atoms with van der Waals surface area (Å²) >= 11 is 0. The molecule has 1 fully saturated rings. The Hall–Kier alpha value is -0.910. The molecule has 5 heteroatoms. The van der Waals surface area contributed by atoms with Crippen LogP contribution in [0.3, 0.4) is 0 Å². The van der Waals surface area contributed by atoms with Gasteiger partial charge in [0.15, 0.2) is 0 Å². The van der Waals surface area contributed by atoms with Crippen molar-refractivity contribution in [2.24, 2.45) is 0 Å². The fourth-order valence-corrected chi connectivity index (χ4v) is 3.30. The monoisotopic (exact) mass is 254 g/mol. The van der Waals surface area contributed by atoms with Crippen LogP contribution in [0.25, 0.3) is 0 Å². The van der Waals surface area contributed by atoms with Crippen molar-refractivity contribution >= 4 is 10.0 Å². The summed E-state index contributed by atoms with van der Waals surface area (Å²) in [5, 5.41) is 3.24. The van der Waals surface area contributed by atoms with Crippen molar-refractivity contribution in [3.63, 3.8) is 0 Å². The molecule has 1 aliphatic heterocycles. The van der Waals surface area contributed by atoms with Crippen molar-refractivity contribution in [2.75, 3.05) is 13.1 Å². The molecular formula is C12H18N2O2S. The number of rotatable bonds is 3. The van der Waals surface area contributed by atoms with E-state index < -0.39 is 10.0 Å². The van der Waals surface area contributed by atoms with Gasteiger partial charge in [0.2, 0.25) is 10.0 Å². The fourth-order valence-electron chi connectivity index (χ4n) is 2.01. The Bertz CT molecular complexity index is 437. The largest absolute Gasteiger partial charge is 0.315 e. The minimum Gasteiger partial charge on any atom is -0.315 e. The van der Waals surface area contributed by atoms with Crippen molar-refractivity contribution < 1.29 is 8.42 Å². The van der Waals surface area contributed by atoms with E-state index in [1.54, 1.807) is 24.3 Å². The lowest BCUT2D eigenvalue weighted by molar-refractivity contribution is 0.521. The van der Waals surface area contributed by atoms with Crippen LogP contribution < -0.4 is 10.0 Å². The molecule has 2 N–H and O–H groups in total. The molecule has 0 spiro atoms. The maximum absolute atomic E-state index is 12.1. The lowest BCUT2D eigenvalue weighted by Crippen LogP contribution is -2.40. The third-order valence-electron chi connectivity index (χ3n) is 2.92. The molecule has 0 amide bonds. The molecule has 0 bridgehead atoms. The van der Waals surface area contributed by atoms with Crippen LogP contribution in [0.15, 0.2) is 35.2 Å².